The largest absolute Gasteiger partial charge is 0.461 e. The standard InChI is InChI=1S/C23H27NO5/c1-4-14-27-22(25)21(23(26)28-15-5-2)24-17(3)18-10-9-13-20(16-18)29-19-11-7-6-8-12-19/h6-13,16-17H,4-5,14-15H2,1-3H3. The molecule has 6 heteroatoms. The highest BCUT2D eigenvalue weighted by molar-refractivity contribution is 6.62. The van der Waals surface area contributed by atoms with E-state index >= 15 is 0 Å². The van der Waals surface area contributed by atoms with Gasteiger partial charge in [0.2, 0.25) is 5.71 Å². The lowest BCUT2D eigenvalue weighted by Crippen LogP contribution is -2.29. The van der Waals surface area contributed by atoms with Crippen LogP contribution in [0, 0.1) is 0 Å². The molecule has 2 aromatic rings. The highest BCUT2D eigenvalue weighted by atomic mass is 16.6. The van der Waals surface area contributed by atoms with Gasteiger partial charge in [0, 0.05) is 0 Å². The fraction of sp³-hybridized carbons (Fsp3) is 0.348. The van der Waals surface area contributed by atoms with E-state index in [9.17, 15) is 9.59 Å². The van der Waals surface area contributed by atoms with E-state index in [1.165, 1.54) is 0 Å². The van der Waals surface area contributed by atoms with Crippen LogP contribution in [0.15, 0.2) is 59.6 Å². The van der Waals surface area contributed by atoms with E-state index in [4.69, 9.17) is 14.2 Å². The quantitative estimate of drug-likeness (QED) is 0.324. The van der Waals surface area contributed by atoms with Crippen molar-refractivity contribution in [2.24, 2.45) is 4.99 Å². The normalized spacial score (nSPS) is 11.3. The van der Waals surface area contributed by atoms with Crippen LogP contribution in [0.5, 0.6) is 11.5 Å². The molecule has 0 amide bonds. The Bertz CT molecular complexity index is 810. The first-order chi connectivity index (χ1) is 14.0. The molecule has 0 aliphatic heterocycles. The first-order valence-corrected chi connectivity index (χ1v) is 9.80. The molecule has 0 aliphatic rings. The number of nitrogens with zero attached hydrogens (tertiary/aromatic N) is 1. The molecule has 1 atom stereocenters. The average Bonchev–Trinajstić information content (AvgIpc) is 2.74. The van der Waals surface area contributed by atoms with Crippen LogP contribution in [-0.4, -0.2) is 30.9 Å². The van der Waals surface area contributed by atoms with Crippen LogP contribution in [0.3, 0.4) is 0 Å². The number of esters is 2. The van der Waals surface area contributed by atoms with E-state index < -0.39 is 18.0 Å². The van der Waals surface area contributed by atoms with Gasteiger partial charge in [0.1, 0.15) is 11.5 Å². The molecular formula is C23H27NO5. The van der Waals surface area contributed by atoms with Crippen molar-refractivity contribution in [3.8, 4) is 11.5 Å². The van der Waals surface area contributed by atoms with E-state index in [-0.39, 0.29) is 18.9 Å². The van der Waals surface area contributed by atoms with Crippen LogP contribution in [0.4, 0.5) is 0 Å². The fourth-order valence-corrected chi connectivity index (χ4v) is 2.45. The van der Waals surface area contributed by atoms with Gasteiger partial charge < -0.3 is 14.2 Å². The predicted octanol–water partition coefficient (Wildman–Crippen LogP) is 4.89. The lowest BCUT2D eigenvalue weighted by molar-refractivity contribution is -0.141. The number of ether oxygens (including phenoxy) is 3. The maximum absolute atomic E-state index is 12.3. The predicted molar refractivity (Wildman–Crippen MR) is 111 cm³/mol. The fourth-order valence-electron chi connectivity index (χ4n) is 2.45. The zero-order valence-electron chi connectivity index (χ0n) is 17.1. The first kappa shape index (κ1) is 22.1. The number of hydrogen-bond acceptors (Lipinski definition) is 6. The minimum absolute atomic E-state index is 0.216. The summed E-state index contributed by atoms with van der Waals surface area (Å²) in [4.78, 5) is 28.9. The lowest BCUT2D eigenvalue weighted by Gasteiger charge is -2.13. The molecule has 0 N–H and O–H groups in total. The number of carbonyl (C=O) groups is 2. The highest BCUT2D eigenvalue weighted by Gasteiger charge is 2.25. The second-order valence-electron chi connectivity index (χ2n) is 6.41. The Kier molecular flexibility index (Phi) is 8.89. The summed E-state index contributed by atoms with van der Waals surface area (Å²) in [5.41, 5.74) is 0.469. The van der Waals surface area contributed by atoms with E-state index in [1.807, 2.05) is 68.4 Å². The Morgan fingerprint density at radius 1 is 0.862 bits per heavy atom. The maximum Gasteiger partial charge on any atom is 0.364 e. The van der Waals surface area contributed by atoms with Crippen LogP contribution < -0.4 is 4.74 Å². The molecule has 0 fully saturated rings. The van der Waals surface area contributed by atoms with E-state index in [0.717, 1.165) is 5.56 Å². The lowest BCUT2D eigenvalue weighted by atomic mass is 10.1. The molecule has 0 aliphatic carbocycles. The van der Waals surface area contributed by atoms with Gasteiger partial charge in [-0.2, -0.15) is 0 Å². The molecule has 6 nitrogen and oxygen atoms in total. The molecule has 0 spiro atoms. The van der Waals surface area contributed by atoms with Gasteiger partial charge in [0.15, 0.2) is 0 Å². The smallest absolute Gasteiger partial charge is 0.364 e. The van der Waals surface area contributed by atoms with Gasteiger partial charge in [-0.25, -0.2) is 9.59 Å². The van der Waals surface area contributed by atoms with Gasteiger partial charge in [-0.15, -0.1) is 0 Å². The Morgan fingerprint density at radius 3 is 2.03 bits per heavy atom. The number of benzene rings is 2. The number of carbonyl (C=O) groups excluding carboxylic acids is 2. The molecule has 0 saturated carbocycles. The number of aliphatic imine (C=N–C) groups is 1. The molecule has 29 heavy (non-hydrogen) atoms. The molecule has 0 saturated heterocycles. The minimum atomic E-state index is -0.767. The van der Waals surface area contributed by atoms with Gasteiger partial charge in [-0.05, 0) is 49.6 Å². The molecular weight excluding hydrogens is 370 g/mol. The van der Waals surface area contributed by atoms with Gasteiger partial charge in [-0.3, -0.25) is 4.99 Å². The second kappa shape index (κ2) is 11.6. The number of rotatable bonds is 10. The summed E-state index contributed by atoms with van der Waals surface area (Å²) in [5.74, 6) is -0.180. The summed E-state index contributed by atoms with van der Waals surface area (Å²) in [5, 5.41) is 0. The van der Waals surface area contributed by atoms with Crippen molar-refractivity contribution in [1.82, 2.24) is 0 Å². The Hall–Kier alpha value is -3.15. The average molecular weight is 397 g/mol. The maximum atomic E-state index is 12.3. The molecule has 0 heterocycles. The highest BCUT2D eigenvalue weighted by Crippen LogP contribution is 2.26. The van der Waals surface area contributed by atoms with E-state index in [2.05, 4.69) is 4.99 Å². The summed E-state index contributed by atoms with van der Waals surface area (Å²) < 4.78 is 16.0. The third kappa shape index (κ3) is 7.07. The van der Waals surface area contributed by atoms with Crippen LogP contribution >= 0.6 is 0 Å². The van der Waals surface area contributed by atoms with Gasteiger partial charge in [0.05, 0.1) is 19.3 Å². The number of hydrogen-bond donors (Lipinski definition) is 0. The van der Waals surface area contributed by atoms with Crippen molar-refractivity contribution < 1.29 is 23.8 Å². The molecule has 0 aromatic heterocycles. The molecule has 0 bridgehead atoms. The summed E-state index contributed by atoms with van der Waals surface area (Å²) in [7, 11) is 0. The topological polar surface area (TPSA) is 74.2 Å². The van der Waals surface area contributed by atoms with Crippen LogP contribution in [0.25, 0.3) is 0 Å². The zero-order valence-corrected chi connectivity index (χ0v) is 17.1. The zero-order chi connectivity index (χ0) is 21.1. The van der Waals surface area contributed by atoms with E-state index in [1.54, 1.807) is 6.92 Å². The number of para-hydroxylation sites is 1. The Morgan fingerprint density at radius 2 is 1.45 bits per heavy atom. The summed E-state index contributed by atoms with van der Waals surface area (Å²) >= 11 is 0. The summed E-state index contributed by atoms with van der Waals surface area (Å²) in [6, 6.07) is 16.3. The summed E-state index contributed by atoms with van der Waals surface area (Å²) in [6.45, 7) is 5.98. The van der Waals surface area contributed by atoms with Crippen LogP contribution in [-0.2, 0) is 19.1 Å². The van der Waals surface area contributed by atoms with Crippen LogP contribution in [0.1, 0.15) is 45.2 Å². The molecule has 0 radical (unpaired) electrons. The summed E-state index contributed by atoms with van der Waals surface area (Å²) in [6.07, 6.45) is 1.30. The van der Waals surface area contributed by atoms with Gasteiger partial charge in [0.25, 0.3) is 0 Å². The van der Waals surface area contributed by atoms with Crippen molar-refractivity contribution in [2.75, 3.05) is 13.2 Å². The minimum Gasteiger partial charge on any atom is -0.461 e. The molecule has 154 valence electrons. The Balaban J connectivity index is 2.22. The van der Waals surface area contributed by atoms with Gasteiger partial charge >= 0.3 is 11.9 Å². The third-order valence-corrected chi connectivity index (χ3v) is 3.90. The molecule has 2 aromatic carbocycles. The van der Waals surface area contributed by atoms with Crippen LogP contribution in [0.2, 0.25) is 0 Å². The Labute approximate surface area is 171 Å². The second-order valence-corrected chi connectivity index (χ2v) is 6.41. The third-order valence-electron chi connectivity index (χ3n) is 3.90. The SMILES string of the molecule is CCCOC(=O)C(=NC(C)c1cccc(Oc2ccccc2)c1)C(=O)OCCC. The van der Waals surface area contributed by atoms with Gasteiger partial charge in [-0.1, -0.05) is 44.2 Å². The monoisotopic (exact) mass is 397 g/mol. The molecule has 1 unspecified atom stereocenters. The van der Waals surface area contributed by atoms with E-state index in [0.29, 0.717) is 24.3 Å². The first-order valence-electron chi connectivity index (χ1n) is 9.80. The van der Waals surface area contributed by atoms with Crippen molar-refractivity contribution in [3.63, 3.8) is 0 Å². The van der Waals surface area contributed by atoms with Crippen molar-refractivity contribution in [2.45, 2.75) is 39.7 Å². The molecule has 2 rings (SSSR count). The van der Waals surface area contributed by atoms with Crippen molar-refractivity contribution in [1.29, 1.82) is 0 Å². The van der Waals surface area contributed by atoms with Crippen molar-refractivity contribution in [3.05, 3.63) is 60.2 Å². The van der Waals surface area contributed by atoms with Crippen molar-refractivity contribution >= 4 is 17.7 Å².